The summed E-state index contributed by atoms with van der Waals surface area (Å²) in [6, 6.07) is 13.0. The molecule has 1 fully saturated rings. The van der Waals surface area contributed by atoms with Crippen LogP contribution in [0, 0.1) is 0 Å². The van der Waals surface area contributed by atoms with E-state index in [1.54, 1.807) is 18.4 Å². The van der Waals surface area contributed by atoms with Gasteiger partial charge < -0.3 is 25.4 Å². The molecule has 0 unspecified atom stereocenters. The molecule has 1 aliphatic rings. The Morgan fingerprint density at radius 2 is 1.77 bits per heavy atom. The minimum atomic E-state index is -0.358. The van der Waals surface area contributed by atoms with Gasteiger partial charge in [-0.1, -0.05) is 26.0 Å². The number of hydrogen-bond donors (Lipinski definition) is 2. The molecular weight excluding hydrogens is 522 g/mol. The van der Waals surface area contributed by atoms with Gasteiger partial charge in [0.25, 0.3) is 5.91 Å². The Bertz CT molecular complexity index is 1250. The molecule has 8 heteroatoms. The molecule has 0 bridgehead atoms. The number of benzene rings is 2. The minimum absolute atomic E-state index is 0.0773. The van der Waals surface area contributed by atoms with Crippen LogP contribution in [0.5, 0.6) is 11.5 Å². The lowest BCUT2D eigenvalue weighted by molar-refractivity contribution is 0.0783. The lowest BCUT2D eigenvalue weighted by atomic mass is 10.0. The van der Waals surface area contributed by atoms with E-state index in [-0.39, 0.29) is 34.3 Å². The number of ketones is 1. The fourth-order valence-electron chi connectivity index (χ4n) is 4.84. The summed E-state index contributed by atoms with van der Waals surface area (Å²) in [5.41, 5.74) is 9.03. The summed E-state index contributed by atoms with van der Waals surface area (Å²) in [4.78, 5) is 29.0. The number of thiophene rings is 1. The standard InChI is InChI=1S/C17H27NO.C15H16N2O3S/c1-3-15-8-9-17(14-16(15)4-2)19-13-7-12-18-10-5-6-11-18;1-9(18)11-6-12(14(19)7-13(11)16)15(20)17(2)8-10-4-3-5-21-10/h8-9,14H,3-7,10-13H2,1-2H3;3-7,19H,8,16H2,1-2H3. The monoisotopic (exact) mass is 565 g/mol. The van der Waals surface area contributed by atoms with Gasteiger partial charge in [-0.2, -0.15) is 0 Å². The van der Waals surface area contributed by atoms with Gasteiger partial charge in [-0.05, 0) is 92.9 Å². The first-order valence-corrected chi connectivity index (χ1v) is 15.0. The predicted molar refractivity (Wildman–Crippen MR) is 164 cm³/mol. The lowest BCUT2D eigenvalue weighted by Crippen LogP contribution is -2.26. The van der Waals surface area contributed by atoms with E-state index in [0.717, 1.165) is 36.5 Å². The van der Waals surface area contributed by atoms with Crippen LogP contribution in [0.25, 0.3) is 0 Å². The molecule has 40 heavy (non-hydrogen) atoms. The third-order valence-electron chi connectivity index (χ3n) is 7.12. The van der Waals surface area contributed by atoms with E-state index in [2.05, 4.69) is 36.9 Å². The predicted octanol–water partition coefficient (Wildman–Crippen LogP) is 6.19. The number of anilines is 1. The van der Waals surface area contributed by atoms with Gasteiger partial charge in [0.1, 0.15) is 11.5 Å². The van der Waals surface area contributed by atoms with Crippen molar-refractivity contribution in [3.63, 3.8) is 0 Å². The Morgan fingerprint density at radius 3 is 2.40 bits per heavy atom. The number of rotatable bonds is 11. The summed E-state index contributed by atoms with van der Waals surface area (Å²) in [5.74, 6) is 0.210. The number of ether oxygens (including phenoxy) is 1. The highest BCUT2D eigenvalue weighted by atomic mass is 32.1. The van der Waals surface area contributed by atoms with Crippen LogP contribution in [0.2, 0.25) is 0 Å². The SMILES string of the molecule is CC(=O)c1cc(C(=O)N(C)Cc2cccs2)c(O)cc1N.CCc1ccc(OCCCN2CCCC2)cc1CC. The molecule has 1 aromatic heterocycles. The number of phenolic OH excluding ortho intramolecular Hbond substituents is 1. The number of amides is 1. The van der Waals surface area contributed by atoms with Crippen molar-refractivity contribution in [1.29, 1.82) is 0 Å². The van der Waals surface area contributed by atoms with Crippen LogP contribution in [0.15, 0.2) is 47.8 Å². The fraction of sp³-hybridized carbons (Fsp3) is 0.438. The number of carbonyl (C=O) groups is 2. The van der Waals surface area contributed by atoms with E-state index >= 15 is 0 Å². The number of likely N-dealkylation sites (tertiary alicyclic amines) is 1. The molecule has 7 nitrogen and oxygen atoms in total. The maximum absolute atomic E-state index is 12.4. The maximum Gasteiger partial charge on any atom is 0.257 e. The fourth-order valence-corrected chi connectivity index (χ4v) is 5.60. The number of nitrogens with zero attached hydrogens (tertiary/aromatic N) is 2. The van der Waals surface area contributed by atoms with Gasteiger partial charge in [0, 0.05) is 35.8 Å². The molecule has 4 rings (SSSR count). The van der Waals surface area contributed by atoms with Crippen LogP contribution in [-0.2, 0) is 19.4 Å². The summed E-state index contributed by atoms with van der Waals surface area (Å²) >= 11 is 1.55. The third-order valence-corrected chi connectivity index (χ3v) is 7.98. The minimum Gasteiger partial charge on any atom is -0.507 e. The van der Waals surface area contributed by atoms with E-state index < -0.39 is 0 Å². The zero-order valence-electron chi connectivity index (χ0n) is 24.2. The van der Waals surface area contributed by atoms with E-state index in [1.807, 2.05) is 17.5 Å². The van der Waals surface area contributed by atoms with Gasteiger partial charge >= 0.3 is 0 Å². The molecule has 0 spiro atoms. The quantitative estimate of drug-likeness (QED) is 0.164. The Labute approximate surface area is 242 Å². The molecule has 3 aromatic rings. The number of nitrogen functional groups attached to an aromatic ring is 1. The highest BCUT2D eigenvalue weighted by Gasteiger charge is 2.20. The number of Topliss-reactive ketones (excluding diaryl/α,β-unsaturated/α-hetero) is 1. The maximum atomic E-state index is 12.4. The van der Waals surface area contributed by atoms with Gasteiger partial charge in [0.2, 0.25) is 0 Å². The molecule has 0 radical (unpaired) electrons. The zero-order valence-corrected chi connectivity index (χ0v) is 25.1. The average molecular weight is 566 g/mol. The number of hydrogen-bond acceptors (Lipinski definition) is 7. The van der Waals surface area contributed by atoms with E-state index in [9.17, 15) is 14.7 Å². The van der Waals surface area contributed by atoms with Crippen LogP contribution >= 0.6 is 11.3 Å². The van der Waals surface area contributed by atoms with Crippen molar-refractivity contribution in [3.8, 4) is 11.5 Å². The lowest BCUT2D eigenvalue weighted by Gasteiger charge is -2.18. The van der Waals surface area contributed by atoms with Gasteiger partial charge in [-0.15, -0.1) is 11.3 Å². The average Bonchev–Trinajstić information content (AvgIpc) is 3.65. The normalized spacial score (nSPS) is 13.0. The highest BCUT2D eigenvalue weighted by Crippen LogP contribution is 2.26. The summed E-state index contributed by atoms with van der Waals surface area (Å²) in [5, 5.41) is 11.8. The van der Waals surface area contributed by atoms with Crippen LogP contribution in [0.1, 0.15) is 76.8 Å². The van der Waals surface area contributed by atoms with Crippen molar-refractivity contribution >= 4 is 28.7 Å². The smallest absolute Gasteiger partial charge is 0.257 e. The van der Waals surface area contributed by atoms with Crippen LogP contribution in [0.4, 0.5) is 5.69 Å². The highest BCUT2D eigenvalue weighted by molar-refractivity contribution is 7.09. The number of carbonyl (C=O) groups excluding carboxylic acids is 2. The van der Waals surface area contributed by atoms with E-state index in [1.165, 1.54) is 67.6 Å². The van der Waals surface area contributed by atoms with Crippen LogP contribution in [-0.4, -0.2) is 59.9 Å². The second-order valence-corrected chi connectivity index (χ2v) is 11.2. The zero-order chi connectivity index (χ0) is 29.1. The number of nitrogens with two attached hydrogens (primary N) is 1. The number of aryl methyl sites for hydroxylation is 2. The largest absolute Gasteiger partial charge is 0.507 e. The Balaban J connectivity index is 0.000000222. The first-order valence-electron chi connectivity index (χ1n) is 14.1. The summed E-state index contributed by atoms with van der Waals surface area (Å²) in [6.45, 7) is 10.8. The molecule has 2 heterocycles. The molecular formula is C32H43N3O4S. The summed E-state index contributed by atoms with van der Waals surface area (Å²) in [7, 11) is 1.64. The van der Waals surface area contributed by atoms with Gasteiger partial charge in [0.05, 0.1) is 18.7 Å². The molecule has 216 valence electrons. The van der Waals surface area contributed by atoms with Crippen molar-refractivity contribution in [2.45, 2.75) is 59.4 Å². The molecule has 1 saturated heterocycles. The summed E-state index contributed by atoms with van der Waals surface area (Å²) < 4.78 is 5.88. The Kier molecular flexibility index (Phi) is 12.0. The van der Waals surface area contributed by atoms with Crippen molar-refractivity contribution in [2.75, 3.05) is 39.0 Å². The first kappa shape index (κ1) is 31.2. The molecule has 0 saturated carbocycles. The van der Waals surface area contributed by atoms with Crippen LogP contribution < -0.4 is 10.5 Å². The Morgan fingerprint density at radius 1 is 1.05 bits per heavy atom. The number of aromatic hydroxyl groups is 1. The van der Waals surface area contributed by atoms with E-state index in [0.29, 0.717) is 6.54 Å². The van der Waals surface area contributed by atoms with Crippen molar-refractivity contribution < 1.29 is 19.4 Å². The topological polar surface area (TPSA) is 96.1 Å². The van der Waals surface area contributed by atoms with Crippen molar-refractivity contribution in [1.82, 2.24) is 9.80 Å². The molecule has 0 atom stereocenters. The van der Waals surface area contributed by atoms with Gasteiger partial charge in [-0.3, -0.25) is 9.59 Å². The molecule has 1 amide bonds. The second-order valence-electron chi connectivity index (χ2n) is 10.1. The molecule has 2 aromatic carbocycles. The Hall–Kier alpha value is -3.36. The second kappa shape index (κ2) is 15.4. The first-order chi connectivity index (χ1) is 19.2. The molecule has 3 N–H and O–H groups in total. The van der Waals surface area contributed by atoms with Gasteiger partial charge in [-0.25, -0.2) is 0 Å². The molecule has 0 aliphatic carbocycles. The van der Waals surface area contributed by atoms with Gasteiger partial charge in [0.15, 0.2) is 5.78 Å². The van der Waals surface area contributed by atoms with Crippen molar-refractivity contribution in [3.05, 3.63) is 75.0 Å². The van der Waals surface area contributed by atoms with E-state index in [4.69, 9.17) is 10.5 Å². The third kappa shape index (κ3) is 8.83. The number of phenols is 1. The summed E-state index contributed by atoms with van der Waals surface area (Å²) in [6.07, 6.45) is 6.09. The molecule has 1 aliphatic heterocycles. The van der Waals surface area contributed by atoms with Crippen LogP contribution in [0.3, 0.4) is 0 Å². The van der Waals surface area contributed by atoms with Crippen molar-refractivity contribution in [2.24, 2.45) is 0 Å².